The monoisotopic (exact) mass is 1180 g/mol. The molecular weight excluding hydrogens is 1100 g/mol. The van der Waals surface area contributed by atoms with Crippen molar-refractivity contribution in [1.82, 2.24) is 39.5 Å². The zero-order valence-corrected chi connectivity index (χ0v) is 51.1. The van der Waals surface area contributed by atoms with Crippen LogP contribution in [0.3, 0.4) is 0 Å². The van der Waals surface area contributed by atoms with E-state index < -0.39 is 0 Å². The summed E-state index contributed by atoms with van der Waals surface area (Å²) in [5, 5.41) is 12.9. The Morgan fingerprint density at radius 3 is 1.58 bits per heavy atom. The molecule has 88 heavy (non-hydrogen) atoms. The maximum atomic E-state index is 13.4. The Morgan fingerprint density at radius 2 is 1.08 bits per heavy atom. The maximum Gasteiger partial charge on any atom is 0.228 e. The van der Waals surface area contributed by atoms with Crippen molar-refractivity contribution < 1.29 is 23.5 Å². The molecule has 4 heterocycles. The zero-order valence-electron chi connectivity index (χ0n) is 51.1. The molecule has 2 amide bonds. The number of carbonyl (C=O) groups is 2. The number of methoxy groups -OCH3 is 2. The van der Waals surface area contributed by atoms with Gasteiger partial charge in [0.05, 0.1) is 32.0 Å². The van der Waals surface area contributed by atoms with Crippen LogP contribution in [-0.4, -0.2) is 158 Å². The number of rotatable bonds is 21. The number of nitrogens with one attached hydrogen (secondary N) is 4. The molecule has 2 aliphatic heterocycles. The Morgan fingerprint density at radius 1 is 0.568 bits per heavy atom. The summed E-state index contributed by atoms with van der Waals surface area (Å²) in [6.45, 7) is 13.0. The topological polar surface area (TPSA) is 165 Å². The van der Waals surface area contributed by atoms with Crippen LogP contribution < -0.4 is 30.7 Å². The summed E-state index contributed by atoms with van der Waals surface area (Å²) >= 11 is 0. The van der Waals surface area contributed by atoms with E-state index in [1.54, 1.807) is 26.4 Å². The van der Waals surface area contributed by atoms with Crippen molar-refractivity contribution in [3.8, 4) is 34.0 Å². The Balaban J connectivity index is 0.000000182. The largest absolute Gasteiger partial charge is 0.497 e. The Bertz CT molecular complexity index is 3650. The molecule has 16 nitrogen and oxygen atoms in total. The molecule has 8 aromatic rings. The molecule has 0 radical (unpaired) electrons. The fraction of sp³-hybridized carbons (Fsp3) is 0.352. The molecule has 4 aliphatic rings. The van der Waals surface area contributed by atoms with Crippen LogP contribution in [0.25, 0.3) is 22.5 Å². The van der Waals surface area contributed by atoms with Crippen molar-refractivity contribution in [1.29, 1.82) is 0 Å². The average molecular weight is 1190 g/mol. The predicted octanol–water partition coefficient (Wildman–Crippen LogP) is 10.7. The predicted molar refractivity (Wildman–Crippen MR) is 348 cm³/mol. The lowest BCUT2D eigenvalue weighted by Gasteiger charge is -2.32. The van der Waals surface area contributed by atoms with E-state index in [4.69, 9.17) is 19.4 Å². The summed E-state index contributed by atoms with van der Waals surface area (Å²) in [4.78, 5) is 54.5. The van der Waals surface area contributed by atoms with Gasteiger partial charge in [-0.05, 0) is 141 Å². The first-order valence-corrected chi connectivity index (χ1v) is 31.0. The van der Waals surface area contributed by atoms with Gasteiger partial charge in [-0.25, -0.2) is 24.3 Å². The summed E-state index contributed by atoms with van der Waals surface area (Å²) in [5.74, 6) is 2.56. The van der Waals surface area contributed by atoms with E-state index in [1.165, 1.54) is 34.4 Å². The first-order valence-electron chi connectivity index (χ1n) is 31.0. The molecule has 2 saturated heterocycles. The van der Waals surface area contributed by atoms with Crippen molar-refractivity contribution in [2.75, 3.05) is 128 Å². The second kappa shape index (κ2) is 29.4. The molecule has 2 aliphatic carbocycles. The number of ether oxygens (including phenoxy) is 2. The van der Waals surface area contributed by atoms with Gasteiger partial charge in [0.25, 0.3) is 0 Å². The highest BCUT2D eigenvalue weighted by atomic mass is 19.1. The Labute approximate surface area is 517 Å². The molecule has 6 aromatic carbocycles. The van der Waals surface area contributed by atoms with Crippen molar-refractivity contribution in [2.24, 2.45) is 0 Å². The molecule has 4 N–H and O–H groups in total. The molecule has 2 atom stereocenters. The highest BCUT2D eigenvalue weighted by Gasteiger charge is 2.30. The van der Waals surface area contributed by atoms with Crippen molar-refractivity contribution in [3.63, 3.8) is 0 Å². The number of piperazine rings is 2. The molecule has 0 spiro atoms. The third kappa shape index (κ3) is 15.7. The number of benzene rings is 6. The van der Waals surface area contributed by atoms with E-state index in [0.717, 1.165) is 160 Å². The molecular formula is C71H81FN12O4. The third-order valence-corrected chi connectivity index (χ3v) is 17.4. The Kier molecular flexibility index (Phi) is 20.4. The molecule has 2 fully saturated rings. The van der Waals surface area contributed by atoms with Crippen molar-refractivity contribution in [2.45, 2.75) is 56.8 Å². The van der Waals surface area contributed by atoms with Gasteiger partial charge in [0.2, 0.25) is 23.7 Å². The summed E-state index contributed by atoms with van der Waals surface area (Å²) in [5.41, 5.74) is 14.6. The number of anilines is 4. The van der Waals surface area contributed by atoms with Crippen LogP contribution in [0.5, 0.6) is 11.5 Å². The number of likely N-dealkylation sites (N-methyl/N-ethyl adjacent to an activating group) is 2. The number of fused-ring (bicyclic) bond motifs is 6. The number of carbonyl (C=O) groups excluding carboxylic acids is 2. The Hall–Kier alpha value is -8.61. The standard InChI is InChI=1S/C36H42N6O3.C35H39FN6O/c1-41-17-19-42(20-18-41)16-6-15-37-36-38-24-27-21-32(30-7-4-5-8-31(30)35(27)40-36)25-9-12-28(13-10-25)39-34(43)22-26-11-14-29(44-2)23-33(26)45-3;1-41-18-20-42(21-19-41)17-5-16-37-35-38-24-27-23-32(30-8-2-3-9-31(30)34(27)40-35)26-11-13-29(14-12-26)39-33(43)15-10-25-6-4-7-28(36)22-25/h4-5,7-14,23-24,32H,6,15-22H2,1-3H3,(H,39,43)(H,37,38,40);2-4,6-9,11-14,22,24,32H,5,10,15-21,23H2,1H3,(H,39,43)(H,37,38,40). The van der Waals surface area contributed by atoms with Crippen molar-refractivity contribution >= 4 is 35.1 Å². The number of halogens is 1. The van der Waals surface area contributed by atoms with Crippen LogP contribution in [0.4, 0.5) is 27.7 Å². The lowest BCUT2D eigenvalue weighted by molar-refractivity contribution is -0.116. The van der Waals surface area contributed by atoms with E-state index in [1.807, 2.05) is 54.9 Å². The van der Waals surface area contributed by atoms with E-state index in [-0.39, 0.29) is 35.9 Å². The first-order chi connectivity index (χ1) is 43.0. The van der Waals surface area contributed by atoms with Gasteiger partial charge in [-0.15, -0.1) is 0 Å². The summed E-state index contributed by atoms with van der Waals surface area (Å²) in [6.07, 6.45) is 8.71. The second-order valence-electron chi connectivity index (χ2n) is 23.5. The number of nitrogens with zero attached hydrogens (tertiary/aromatic N) is 8. The minimum atomic E-state index is -0.281. The zero-order chi connectivity index (χ0) is 60.8. The number of aryl methyl sites for hydroxylation is 1. The highest BCUT2D eigenvalue weighted by molar-refractivity contribution is 5.93. The SMILES string of the molecule is CN1CCN(CCCNc2ncc3c(n2)-c2ccccc2C(c2ccc(NC(=O)CCc4cccc(F)c4)cc2)C3)CC1.COc1ccc(CC(=O)Nc2ccc(C3Cc4cnc(NCCCN5CCN(C)CC5)nc4-c4ccccc43)cc2)c(OC)c1. The summed E-state index contributed by atoms with van der Waals surface area (Å²) in [6, 6.07) is 45.1. The van der Waals surface area contributed by atoms with Crippen LogP contribution in [0, 0.1) is 5.82 Å². The fourth-order valence-corrected chi connectivity index (χ4v) is 12.3. The van der Waals surface area contributed by atoms with Crippen LogP contribution in [-0.2, 0) is 35.3 Å². The van der Waals surface area contributed by atoms with Gasteiger partial charge >= 0.3 is 0 Å². The van der Waals surface area contributed by atoms with Crippen LogP contribution in [0.2, 0.25) is 0 Å². The number of hydrogen-bond acceptors (Lipinski definition) is 14. The maximum absolute atomic E-state index is 13.4. The molecule has 2 aromatic heterocycles. The molecule has 0 saturated carbocycles. The van der Waals surface area contributed by atoms with Gasteiger partial charge < -0.3 is 50.3 Å². The highest BCUT2D eigenvalue weighted by Crippen LogP contribution is 2.44. The lowest BCUT2D eigenvalue weighted by Crippen LogP contribution is -2.44. The van der Waals surface area contributed by atoms with E-state index >= 15 is 0 Å². The second-order valence-corrected chi connectivity index (χ2v) is 23.5. The smallest absolute Gasteiger partial charge is 0.228 e. The molecule has 17 heteroatoms. The molecule has 456 valence electrons. The number of aromatic nitrogens is 4. The van der Waals surface area contributed by atoms with Gasteiger partial charge in [0, 0.05) is 130 Å². The van der Waals surface area contributed by atoms with Gasteiger partial charge in [0.1, 0.15) is 17.3 Å². The number of amides is 2. The lowest BCUT2D eigenvalue weighted by atomic mass is 9.78. The van der Waals surface area contributed by atoms with Gasteiger partial charge in [-0.2, -0.15) is 0 Å². The third-order valence-electron chi connectivity index (χ3n) is 17.4. The van der Waals surface area contributed by atoms with E-state index in [9.17, 15) is 14.0 Å². The molecule has 0 bridgehead atoms. The van der Waals surface area contributed by atoms with E-state index in [2.05, 4.69) is 138 Å². The molecule has 2 unspecified atom stereocenters. The van der Waals surface area contributed by atoms with E-state index in [0.29, 0.717) is 36.2 Å². The molecule has 12 rings (SSSR count). The minimum absolute atomic E-state index is 0.0881. The quantitative estimate of drug-likeness (QED) is 0.0502. The minimum Gasteiger partial charge on any atom is -0.497 e. The first kappa shape index (κ1) is 61.1. The normalized spacial score (nSPS) is 16.6. The number of hydrogen-bond donors (Lipinski definition) is 4. The van der Waals surface area contributed by atoms with Gasteiger partial charge in [0.15, 0.2) is 0 Å². The van der Waals surface area contributed by atoms with Crippen LogP contribution in [0.15, 0.2) is 152 Å². The summed E-state index contributed by atoms with van der Waals surface area (Å²) < 4.78 is 24.1. The van der Waals surface area contributed by atoms with Crippen LogP contribution >= 0.6 is 0 Å². The average Bonchev–Trinajstić information content (AvgIpc) is 1.24. The van der Waals surface area contributed by atoms with Gasteiger partial charge in [-0.1, -0.05) is 91.0 Å². The van der Waals surface area contributed by atoms with Gasteiger partial charge in [-0.3, -0.25) is 9.59 Å². The summed E-state index contributed by atoms with van der Waals surface area (Å²) in [7, 11) is 7.57. The fourth-order valence-electron chi connectivity index (χ4n) is 12.3. The van der Waals surface area contributed by atoms with Crippen LogP contribution in [0.1, 0.15) is 75.6 Å². The van der Waals surface area contributed by atoms with Crippen molar-refractivity contribution in [3.05, 3.63) is 202 Å².